The Morgan fingerprint density at radius 3 is 2.40 bits per heavy atom. The lowest BCUT2D eigenvalue weighted by atomic mass is 10.1. The number of nitrogens with one attached hydrogen (secondary N) is 1. The SMILES string of the molecule is CC(=O)Nc1ccc(C(=O)OCC(=O)c2ccc3c(c2)OCO3)cc1. The fourth-order valence-electron chi connectivity index (χ4n) is 2.26. The lowest BCUT2D eigenvalue weighted by Crippen LogP contribution is -2.14. The zero-order valence-electron chi connectivity index (χ0n) is 13.4. The van der Waals surface area contributed by atoms with Crippen LogP contribution in [0.2, 0.25) is 0 Å². The molecule has 1 amide bonds. The number of hydrogen-bond donors (Lipinski definition) is 1. The van der Waals surface area contributed by atoms with E-state index in [9.17, 15) is 14.4 Å². The number of Topliss-reactive ketones (excluding diaryl/α,β-unsaturated/α-hetero) is 1. The minimum absolute atomic E-state index is 0.121. The first-order valence-electron chi connectivity index (χ1n) is 7.50. The van der Waals surface area contributed by atoms with Crippen LogP contribution in [-0.4, -0.2) is 31.1 Å². The van der Waals surface area contributed by atoms with Crippen molar-refractivity contribution in [1.29, 1.82) is 0 Å². The van der Waals surface area contributed by atoms with E-state index in [1.54, 1.807) is 30.3 Å². The number of ether oxygens (including phenoxy) is 3. The van der Waals surface area contributed by atoms with Gasteiger partial charge < -0.3 is 19.5 Å². The van der Waals surface area contributed by atoms with Crippen LogP contribution in [0, 0.1) is 0 Å². The number of ketones is 1. The van der Waals surface area contributed by atoms with E-state index < -0.39 is 5.97 Å². The van der Waals surface area contributed by atoms with E-state index in [2.05, 4.69) is 5.32 Å². The number of amides is 1. The number of anilines is 1. The van der Waals surface area contributed by atoms with Crippen molar-refractivity contribution in [2.75, 3.05) is 18.7 Å². The van der Waals surface area contributed by atoms with Gasteiger partial charge in [-0.15, -0.1) is 0 Å². The summed E-state index contributed by atoms with van der Waals surface area (Å²) in [6.07, 6.45) is 0. The zero-order valence-corrected chi connectivity index (χ0v) is 13.4. The molecule has 1 heterocycles. The number of fused-ring (bicyclic) bond motifs is 1. The van der Waals surface area contributed by atoms with Gasteiger partial charge in [-0.1, -0.05) is 0 Å². The van der Waals surface area contributed by atoms with Crippen LogP contribution in [-0.2, 0) is 9.53 Å². The van der Waals surface area contributed by atoms with Crippen molar-refractivity contribution in [3.05, 3.63) is 53.6 Å². The summed E-state index contributed by atoms with van der Waals surface area (Å²) in [6, 6.07) is 11.0. The molecule has 1 aliphatic rings. The summed E-state index contributed by atoms with van der Waals surface area (Å²) in [4.78, 5) is 35.1. The third kappa shape index (κ3) is 3.95. The molecule has 0 fully saturated rings. The average Bonchev–Trinajstić information content (AvgIpc) is 3.07. The Bertz CT molecular complexity index is 828. The van der Waals surface area contributed by atoms with Gasteiger partial charge in [-0.2, -0.15) is 0 Å². The molecule has 0 bridgehead atoms. The number of esters is 1. The Hall–Kier alpha value is -3.35. The number of benzene rings is 2. The molecular formula is C18H15NO6. The Kier molecular flexibility index (Phi) is 4.65. The molecule has 7 nitrogen and oxygen atoms in total. The maximum absolute atomic E-state index is 12.1. The number of carbonyl (C=O) groups excluding carboxylic acids is 3. The summed E-state index contributed by atoms with van der Waals surface area (Å²) in [5.41, 5.74) is 1.23. The van der Waals surface area contributed by atoms with E-state index >= 15 is 0 Å². The second-order valence-corrected chi connectivity index (χ2v) is 5.33. The van der Waals surface area contributed by atoms with Gasteiger partial charge >= 0.3 is 5.97 Å². The van der Waals surface area contributed by atoms with Gasteiger partial charge in [0.1, 0.15) is 0 Å². The Morgan fingerprint density at radius 2 is 1.68 bits per heavy atom. The van der Waals surface area contributed by atoms with Gasteiger partial charge in [0.15, 0.2) is 23.9 Å². The van der Waals surface area contributed by atoms with Crippen molar-refractivity contribution in [1.82, 2.24) is 0 Å². The molecule has 0 saturated heterocycles. The van der Waals surface area contributed by atoms with Crippen LogP contribution >= 0.6 is 0 Å². The van der Waals surface area contributed by atoms with Gasteiger partial charge in [0.25, 0.3) is 0 Å². The van der Waals surface area contributed by atoms with E-state index in [0.29, 0.717) is 22.7 Å². The summed E-state index contributed by atoms with van der Waals surface area (Å²) < 4.78 is 15.4. The first kappa shape index (κ1) is 16.5. The topological polar surface area (TPSA) is 90.9 Å². The quantitative estimate of drug-likeness (QED) is 0.663. The van der Waals surface area contributed by atoms with Gasteiger partial charge in [-0.05, 0) is 42.5 Å². The van der Waals surface area contributed by atoms with E-state index in [0.717, 1.165) is 0 Å². The molecule has 0 spiro atoms. The molecule has 0 aromatic heterocycles. The fourth-order valence-corrected chi connectivity index (χ4v) is 2.26. The molecule has 0 saturated carbocycles. The van der Waals surface area contributed by atoms with Crippen LogP contribution in [0.4, 0.5) is 5.69 Å². The molecule has 0 aliphatic carbocycles. The predicted octanol–water partition coefficient (Wildman–Crippen LogP) is 2.41. The molecule has 25 heavy (non-hydrogen) atoms. The van der Waals surface area contributed by atoms with Gasteiger partial charge in [-0.3, -0.25) is 9.59 Å². The Labute approximate surface area is 143 Å². The lowest BCUT2D eigenvalue weighted by Gasteiger charge is -2.06. The molecule has 0 unspecified atom stereocenters. The van der Waals surface area contributed by atoms with Crippen molar-refractivity contribution in [2.45, 2.75) is 6.92 Å². The van der Waals surface area contributed by atoms with Crippen LogP contribution in [0.25, 0.3) is 0 Å². The van der Waals surface area contributed by atoms with Crippen molar-refractivity contribution in [3.8, 4) is 11.5 Å². The normalized spacial score (nSPS) is 11.7. The maximum Gasteiger partial charge on any atom is 0.338 e. The highest BCUT2D eigenvalue weighted by molar-refractivity contribution is 6.00. The summed E-state index contributed by atoms with van der Waals surface area (Å²) in [7, 11) is 0. The first-order chi connectivity index (χ1) is 12.0. The fraction of sp³-hybridized carbons (Fsp3) is 0.167. The molecule has 0 atom stereocenters. The van der Waals surface area contributed by atoms with Crippen LogP contribution in [0.3, 0.4) is 0 Å². The third-order valence-electron chi connectivity index (χ3n) is 3.47. The molecule has 1 aliphatic heterocycles. The second-order valence-electron chi connectivity index (χ2n) is 5.33. The monoisotopic (exact) mass is 341 g/mol. The Balaban J connectivity index is 1.58. The van der Waals surface area contributed by atoms with E-state index in [-0.39, 0.29) is 30.7 Å². The Morgan fingerprint density at radius 1 is 1.00 bits per heavy atom. The minimum atomic E-state index is -0.622. The highest BCUT2D eigenvalue weighted by Gasteiger charge is 2.17. The number of hydrogen-bond acceptors (Lipinski definition) is 6. The van der Waals surface area contributed by atoms with Crippen LogP contribution in [0.5, 0.6) is 11.5 Å². The van der Waals surface area contributed by atoms with Gasteiger partial charge in [0.05, 0.1) is 5.56 Å². The van der Waals surface area contributed by atoms with Gasteiger partial charge in [0.2, 0.25) is 12.7 Å². The standard InChI is InChI=1S/C18H15NO6/c1-11(20)19-14-5-2-12(3-6-14)18(22)23-9-15(21)13-4-7-16-17(8-13)25-10-24-16/h2-8H,9-10H2,1H3,(H,19,20). The van der Waals surface area contributed by atoms with Crippen molar-refractivity contribution >= 4 is 23.3 Å². The van der Waals surface area contributed by atoms with E-state index in [4.69, 9.17) is 14.2 Å². The number of carbonyl (C=O) groups is 3. The first-order valence-corrected chi connectivity index (χ1v) is 7.50. The third-order valence-corrected chi connectivity index (χ3v) is 3.47. The van der Waals surface area contributed by atoms with Crippen LogP contribution in [0.1, 0.15) is 27.6 Å². The van der Waals surface area contributed by atoms with Crippen LogP contribution < -0.4 is 14.8 Å². The molecule has 128 valence electrons. The molecule has 1 N–H and O–H groups in total. The van der Waals surface area contributed by atoms with Crippen molar-refractivity contribution in [3.63, 3.8) is 0 Å². The molecule has 7 heteroatoms. The van der Waals surface area contributed by atoms with Crippen molar-refractivity contribution < 1.29 is 28.6 Å². The smallest absolute Gasteiger partial charge is 0.338 e. The minimum Gasteiger partial charge on any atom is -0.454 e. The van der Waals surface area contributed by atoms with E-state index in [1.165, 1.54) is 19.1 Å². The van der Waals surface area contributed by atoms with E-state index in [1.807, 2.05) is 0 Å². The molecule has 2 aromatic carbocycles. The van der Waals surface area contributed by atoms with Gasteiger partial charge in [-0.25, -0.2) is 4.79 Å². The average molecular weight is 341 g/mol. The highest BCUT2D eigenvalue weighted by atomic mass is 16.7. The predicted molar refractivity (Wildman–Crippen MR) is 87.9 cm³/mol. The molecule has 2 aromatic rings. The van der Waals surface area contributed by atoms with Crippen LogP contribution in [0.15, 0.2) is 42.5 Å². The summed E-state index contributed by atoms with van der Waals surface area (Å²) >= 11 is 0. The lowest BCUT2D eigenvalue weighted by molar-refractivity contribution is -0.114. The molecule has 3 rings (SSSR count). The largest absolute Gasteiger partial charge is 0.454 e. The summed E-state index contributed by atoms with van der Waals surface area (Å²) in [5, 5.41) is 2.60. The second kappa shape index (κ2) is 7.04. The zero-order chi connectivity index (χ0) is 17.8. The maximum atomic E-state index is 12.1. The van der Waals surface area contributed by atoms with Crippen molar-refractivity contribution in [2.24, 2.45) is 0 Å². The summed E-state index contributed by atoms with van der Waals surface area (Å²) in [5.74, 6) is -0.104. The number of rotatable bonds is 5. The molecular weight excluding hydrogens is 326 g/mol. The molecule has 0 radical (unpaired) electrons. The highest BCUT2D eigenvalue weighted by Crippen LogP contribution is 2.32. The summed E-state index contributed by atoms with van der Waals surface area (Å²) in [6.45, 7) is 1.13. The van der Waals surface area contributed by atoms with Gasteiger partial charge in [0, 0.05) is 18.2 Å².